The Hall–Kier alpha value is -1.53. The van der Waals surface area contributed by atoms with Crippen molar-refractivity contribution in [2.75, 3.05) is 5.32 Å². The zero-order valence-electron chi connectivity index (χ0n) is 8.61. The van der Waals surface area contributed by atoms with Gasteiger partial charge in [-0.1, -0.05) is 23.2 Å². The van der Waals surface area contributed by atoms with Crippen molar-refractivity contribution in [3.63, 3.8) is 0 Å². The van der Waals surface area contributed by atoms with Crippen LogP contribution < -0.4 is 5.32 Å². The van der Waals surface area contributed by atoms with Crippen LogP contribution in [-0.2, 0) is 4.79 Å². The first-order valence-corrected chi connectivity index (χ1v) is 5.14. The van der Waals surface area contributed by atoms with Crippen molar-refractivity contribution in [1.82, 2.24) is 0 Å². The van der Waals surface area contributed by atoms with E-state index in [1.54, 1.807) is 0 Å². The van der Waals surface area contributed by atoms with E-state index >= 15 is 0 Å². The second-order valence-corrected chi connectivity index (χ2v) is 5.01. The predicted molar refractivity (Wildman–Crippen MR) is 63.5 cm³/mol. The number of rotatable bonds is 3. The van der Waals surface area contributed by atoms with Gasteiger partial charge in [-0.2, -0.15) is 0 Å². The summed E-state index contributed by atoms with van der Waals surface area (Å²) in [5.41, 5.74) is -0.402. The molecule has 1 rings (SSSR count). The minimum atomic E-state index is -1.65. The largest absolute Gasteiger partial charge is 0.502 e. The Morgan fingerprint density at radius 3 is 2.59 bits per heavy atom. The number of nitro groups is 1. The molecule has 0 aromatic heterocycles. The van der Waals surface area contributed by atoms with Crippen LogP contribution in [0.4, 0.5) is 11.4 Å². The lowest BCUT2D eigenvalue weighted by molar-refractivity contribution is -0.385. The van der Waals surface area contributed by atoms with Crippen molar-refractivity contribution in [2.24, 2.45) is 0 Å². The monoisotopic (exact) mass is 278 g/mol. The van der Waals surface area contributed by atoms with Crippen LogP contribution in [0.2, 0.25) is 0 Å². The van der Waals surface area contributed by atoms with Crippen molar-refractivity contribution < 1.29 is 14.8 Å². The summed E-state index contributed by atoms with van der Waals surface area (Å²) in [5.74, 6) is -1.21. The maximum atomic E-state index is 11.4. The topological polar surface area (TPSA) is 92.5 Å². The summed E-state index contributed by atoms with van der Waals surface area (Å²) in [7, 11) is 0. The molecule has 2 N–H and O–H groups in total. The van der Waals surface area contributed by atoms with Crippen LogP contribution in [0.3, 0.4) is 0 Å². The van der Waals surface area contributed by atoms with Gasteiger partial charge >= 0.3 is 5.69 Å². The van der Waals surface area contributed by atoms with E-state index < -0.39 is 26.6 Å². The Kier molecular flexibility index (Phi) is 3.79. The molecule has 1 aromatic rings. The van der Waals surface area contributed by atoms with E-state index in [9.17, 15) is 20.0 Å². The number of halogens is 2. The zero-order chi connectivity index (χ0) is 13.2. The maximum Gasteiger partial charge on any atom is 0.312 e. The van der Waals surface area contributed by atoms with E-state index in [0.29, 0.717) is 0 Å². The lowest BCUT2D eigenvalue weighted by Crippen LogP contribution is -2.29. The maximum absolute atomic E-state index is 11.4. The van der Waals surface area contributed by atoms with Gasteiger partial charge in [0.15, 0.2) is 10.1 Å². The van der Waals surface area contributed by atoms with Crippen LogP contribution in [-0.4, -0.2) is 20.3 Å². The molecule has 92 valence electrons. The number of carbonyl (C=O) groups is 1. The molecular weight excluding hydrogens is 271 g/mol. The number of amides is 1. The second-order valence-electron chi connectivity index (χ2n) is 3.30. The molecule has 0 aliphatic heterocycles. The number of aromatic hydroxyl groups is 1. The van der Waals surface area contributed by atoms with Gasteiger partial charge in [-0.15, -0.1) is 0 Å². The molecule has 6 nitrogen and oxygen atoms in total. The summed E-state index contributed by atoms with van der Waals surface area (Å²) in [4.78, 5) is 21.2. The molecule has 0 saturated carbocycles. The highest BCUT2D eigenvalue weighted by atomic mass is 35.5. The second kappa shape index (κ2) is 4.77. The Labute approximate surface area is 106 Å². The van der Waals surface area contributed by atoms with Crippen molar-refractivity contribution in [3.05, 3.63) is 28.3 Å². The molecule has 0 aliphatic carbocycles. The summed E-state index contributed by atoms with van der Waals surface area (Å²) in [6.45, 7) is 1.26. The van der Waals surface area contributed by atoms with Crippen LogP contribution in [0.1, 0.15) is 6.92 Å². The van der Waals surface area contributed by atoms with Gasteiger partial charge in [0, 0.05) is 11.8 Å². The quantitative estimate of drug-likeness (QED) is 0.384. The van der Waals surface area contributed by atoms with Gasteiger partial charge < -0.3 is 10.4 Å². The Balaban J connectivity index is 2.98. The Bertz CT molecular complexity index is 471. The predicted octanol–water partition coefficient (Wildman–Crippen LogP) is 2.43. The Morgan fingerprint density at radius 2 is 2.12 bits per heavy atom. The lowest BCUT2D eigenvalue weighted by atomic mass is 10.2. The molecule has 1 amide bonds. The Morgan fingerprint density at radius 1 is 1.53 bits per heavy atom. The summed E-state index contributed by atoms with van der Waals surface area (Å²) in [6.07, 6.45) is 0. The molecule has 1 aromatic carbocycles. The smallest absolute Gasteiger partial charge is 0.312 e. The van der Waals surface area contributed by atoms with E-state index in [4.69, 9.17) is 23.2 Å². The van der Waals surface area contributed by atoms with Gasteiger partial charge in [-0.3, -0.25) is 14.9 Å². The molecule has 0 saturated heterocycles. The number of nitrogens with one attached hydrogen (secondary N) is 1. The van der Waals surface area contributed by atoms with Crippen LogP contribution in [0.5, 0.6) is 5.75 Å². The third kappa shape index (κ3) is 3.47. The van der Waals surface area contributed by atoms with Gasteiger partial charge in [0.1, 0.15) is 0 Å². The van der Waals surface area contributed by atoms with E-state index in [2.05, 4.69) is 5.32 Å². The number of anilines is 1. The molecule has 0 spiro atoms. The van der Waals surface area contributed by atoms with Crippen molar-refractivity contribution >= 4 is 40.5 Å². The number of hydrogen-bond acceptors (Lipinski definition) is 4. The van der Waals surface area contributed by atoms with Crippen molar-refractivity contribution in [1.29, 1.82) is 0 Å². The zero-order valence-corrected chi connectivity index (χ0v) is 10.1. The fraction of sp³-hybridized carbons (Fsp3) is 0.222. The van der Waals surface area contributed by atoms with Gasteiger partial charge in [-0.25, -0.2) is 0 Å². The fourth-order valence-electron chi connectivity index (χ4n) is 0.988. The highest BCUT2D eigenvalue weighted by molar-refractivity contribution is 6.58. The van der Waals surface area contributed by atoms with Crippen molar-refractivity contribution in [2.45, 2.75) is 11.3 Å². The first-order valence-electron chi connectivity index (χ1n) is 4.38. The molecule has 8 heteroatoms. The number of phenols is 1. The number of alkyl halides is 2. The summed E-state index contributed by atoms with van der Waals surface area (Å²) in [6, 6.07) is 3.39. The van der Waals surface area contributed by atoms with Crippen LogP contribution in [0, 0.1) is 10.1 Å². The van der Waals surface area contributed by atoms with Gasteiger partial charge in [0.2, 0.25) is 0 Å². The number of nitro benzene ring substituents is 1. The number of phenolic OH excluding ortho intramolecular Hbond substituents is 1. The van der Waals surface area contributed by atoms with E-state index in [1.165, 1.54) is 13.0 Å². The van der Waals surface area contributed by atoms with Crippen LogP contribution >= 0.6 is 23.2 Å². The molecule has 0 atom stereocenters. The molecule has 0 bridgehead atoms. The van der Waals surface area contributed by atoms with Gasteiger partial charge in [0.25, 0.3) is 5.91 Å². The van der Waals surface area contributed by atoms with Crippen LogP contribution in [0.15, 0.2) is 18.2 Å². The molecule has 0 aliphatic rings. The summed E-state index contributed by atoms with van der Waals surface area (Å²) < 4.78 is -1.65. The molecular formula is C9H8Cl2N2O4. The minimum absolute atomic E-state index is 0.118. The highest BCUT2D eigenvalue weighted by Crippen LogP contribution is 2.29. The van der Waals surface area contributed by atoms with E-state index in [1.807, 2.05) is 0 Å². The lowest BCUT2D eigenvalue weighted by Gasteiger charge is -2.13. The third-order valence-electron chi connectivity index (χ3n) is 1.83. The summed E-state index contributed by atoms with van der Waals surface area (Å²) in [5, 5.41) is 22.0. The minimum Gasteiger partial charge on any atom is -0.502 e. The van der Waals surface area contributed by atoms with E-state index in [0.717, 1.165) is 12.1 Å². The number of carbonyl (C=O) groups excluding carboxylic acids is 1. The number of benzene rings is 1. The third-order valence-corrected chi connectivity index (χ3v) is 2.17. The SMILES string of the molecule is CC(Cl)(Cl)C(=O)Nc1ccc(O)c([N+](=O)[O-])c1. The van der Waals surface area contributed by atoms with Gasteiger partial charge in [-0.05, 0) is 19.1 Å². The number of hydrogen-bond donors (Lipinski definition) is 2. The van der Waals surface area contributed by atoms with Crippen LogP contribution in [0.25, 0.3) is 0 Å². The molecule has 17 heavy (non-hydrogen) atoms. The average Bonchev–Trinajstić information content (AvgIpc) is 2.19. The average molecular weight is 279 g/mol. The van der Waals surface area contributed by atoms with E-state index in [-0.39, 0.29) is 5.69 Å². The molecule has 0 fully saturated rings. The number of nitrogens with zero attached hydrogens (tertiary/aromatic N) is 1. The standard InChI is InChI=1S/C9H8Cl2N2O4/c1-9(10,11)8(15)12-5-2-3-7(14)6(4-5)13(16)17/h2-4,14H,1H3,(H,12,15). The summed E-state index contributed by atoms with van der Waals surface area (Å²) >= 11 is 11.1. The normalized spacial score (nSPS) is 11.0. The molecule has 0 unspecified atom stereocenters. The highest BCUT2D eigenvalue weighted by Gasteiger charge is 2.27. The molecule has 0 heterocycles. The molecule has 0 radical (unpaired) electrons. The fourth-order valence-corrected chi connectivity index (χ4v) is 1.08. The van der Waals surface area contributed by atoms with Crippen molar-refractivity contribution in [3.8, 4) is 5.75 Å². The first kappa shape index (κ1) is 13.5. The first-order chi connectivity index (χ1) is 7.71. The van der Waals surface area contributed by atoms with Gasteiger partial charge in [0.05, 0.1) is 4.92 Å².